The molecule has 0 saturated carbocycles. The Morgan fingerprint density at radius 1 is 1.45 bits per heavy atom. The molecular weight excluding hydrogens is 252 g/mol. The number of hydrogen-bond donors (Lipinski definition) is 1. The highest BCUT2D eigenvalue weighted by atomic mass is 16.5. The van der Waals surface area contributed by atoms with Crippen molar-refractivity contribution in [2.45, 2.75) is 25.8 Å². The second kappa shape index (κ2) is 5.29. The quantitative estimate of drug-likeness (QED) is 0.932. The summed E-state index contributed by atoms with van der Waals surface area (Å²) in [6.45, 7) is 3.24. The lowest BCUT2D eigenvalue weighted by molar-refractivity contribution is 0.266. The van der Waals surface area contributed by atoms with Crippen LogP contribution in [0.2, 0.25) is 0 Å². The molecule has 20 heavy (non-hydrogen) atoms. The summed E-state index contributed by atoms with van der Waals surface area (Å²) in [5.74, 6) is 1.74. The first-order valence-electron chi connectivity index (χ1n) is 7.06. The number of ether oxygens (including phenoxy) is 1. The minimum absolute atomic E-state index is 0.185. The summed E-state index contributed by atoms with van der Waals surface area (Å²) in [4.78, 5) is 6.98. The molecular formula is C16H20N2O2. The summed E-state index contributed by atoms with van der Waals surface area (Å²) in [5.41, 5.74) is 2.08. The van der Waals surface area contributed by atoms with Crippen molar-refractivity contribution >= 4 is 16.7 Å². The molecule has 1 saturated heterocycles. The highest BCUT2D eigenvalue weighted by molar-refractivity contribution is 5.88. The van der Waals surface area contributed by atoms with Gasteiger partial charge < -0.3 is 14.7 Å². The molecule has 3 rings (SSSR count). The van der Waals surface area contributed by atoms with Crippen LogP contribution in [0.5, 0.6) is 5.75 Å². The van der Waals surface area contributed by atoms with E-state index in [1.807, 2.05) is 12.1 Å². The normalized spacial score (nSPS) is 18.8. The van der Waals surface area contributed by atoms with Gasteiger partial charge in [-0.2, -0.15) is 0 Å². The van der Waals surface area contributed by atoms with Crippen LogP contribution in [-0.4, -0.2) is 36.4 Å². The molecule has 0 unspecified atom stereocenters. The number of anilines is 1. The average Bonchev–Trinajstić information content (AvgIpc) is 2.95. The Labute approximate surface area is 119 Å². The van der Waals surface area contributed by atoms with E-state index in [4.69, 9.17) is 9.72 Å². The van der Waals surface area contributed by atoms with Gasteiger partial charge in [0.15, 0.2) is 0 Å². The van der Waals surface area contributed by atoms with E-state index in [-0.39, 0.29) is 12.6 Å². The highest BCUT2D eigenvalue weighted by Gasteiger charge is 2.25. The van der Waals surface area contributed by atoms with E-state index in [9.17, 15) is 5.11 Å². The summed E-state index contributed by atoms with van der Waals surface area (Å²) >= 11 is 0. The lowest BCUT2D eigenvalue weighted by atomic mass is 10.1. The van der Waals surface area contributed by atoms with Crippen molar-refractivity contribution in [1.82, 2.24) is 4.98 Å². The zero-order valence-corrected chi connectivity index (χ0v) is 12.0. The van der Waals surface area contributed by atoms with Crippen LogP contribution in [0.3, 0.4) is 0 Å². The summed E-state index contributed by atoms with van der Waals surface area (Å²) in [5, 5.41) is 10.6. The Morgan fingerprint density at radius 2 is 2.30 bits per heavy atom. The lowest BCUT2D eigenvalue weighted by Crippen LogP contribution is -2.32. The van der Waals surface area contributed by atoms with Crippen molar-refractivity contribution < 1.29 is 9.84 Å². The average molecular weight is 272 g/mol. The Balaban J connectivity index is 2.13. The van der Waals surface area contributed by atoms with E-state index in [0.29, 0.717) is 0 Å². The molecule has 106 valence electrons. The first-order chi connectivity index (χ1) is 9.74. The summed E-state index contributed by atoms with van der Waals surface area (Å²) in [6, 6.07) is 8.29. The smallest absolute Gasteiger partial charge is 0.145 e. The van der Waals surface area contributed by atoms with Gasteiger partial charge in [-0.25, -0.2) is 4.98 Å². The lowest BCUT2D eigenvalue weighted by Gasteiger charge is -2.25. The Kier molecular flexibility index (Phi) is 3.49. The van der Waals surface area contributed by atoms with Gasteiger partial charge in [-0.05, 0) is 37.5 Å². The molecule has 4 nitrogen and oxygen atoms in total. The van der Waals surface area contributed by atoms with Crippen LogP contribution < -0.4 is 9.64 Å². The fraction of sp³-hybridized carbons (Fsp3) is 0.438. The Bertz CT molecular complexity index is 627. The van der Waals surface area contributed by atoms with Gasteiger partial charge in [0, 0.05) is 11.9 Å². The summed E-state index contributed by atoms with van der Waals surface area (Å²) in [7, 11) is 1.67. The molecule has 0 aliphatic carbocycles. The number of aryl methyl sites for hydroxylation is 1. The van der Waals surface area contributed by atoms with Crippen LogP contribution in [0, 0.1) is 6.92 Å². The number of para-hydroxylation sites is 1. The van der Waals surface area contributed by atoms with Crippen molar-refractivity contribution in [3.05, 3.63) is 29.8 Å². The Morgan fingerprint density at radius 3 is 3.05 bits per heavy atom. The topological polar surface area (TPSA) is 45.6 Å². The molecule has 2 heterocycles. The van der Waals surface area contributed by atoms with E-state index < -0.39 is 0 Å². The monoisotopic (exact) mass is 272 g/mol. The maximum Gasteiger partial charge on any atom is 0.145 e. The summed E-state index contributed by atoms with van der Waals surface area (Å²) < 4.78 is 5.42. The minimum atomic E-state index is 0.185. The van der Waals surface area contributed by atoms with Gasteiger partial charge in [-0.15, -0.1) is 0 Å². The number of hydrogen-bond acceptors (Lipinski definition) is 4. The number of pyridine rings is 1. The van der Waals surface area contributed by atoms with Crippen molar-refractivity contribution in [2.24, 2.45) is 0 Å². The van der Waals surface area contributed by atoms with E-state index in [0.717, 1.165) is 41.9 Å². The highest BCUT2D eigenvalue weighted by Crippen LogP contribution is 2.31. The van der Waals surface area contributed by atoms with Crippen molar-refractivity contribution in [3.8, 4) is 5.75 Å². The molecule has 1 aromatic heterocycles. The van der Waals surface area contributed by atoms with Gasteiger partial charge in [-0.1, -0.05) is 12.1 Å². The van der Waals surface area contributed by atoms with Crippen LogP contribution in [0.4, 0.5) is 5.82 Å². The van der Waals surface area contributed by atoms with Gasteiger partial charge >= 0.3 is 0 Å². The van der Waals surface area contributed by atoms with Crippen molar-refractivity contribution in [2.75, 3.05) is 25.2 Å². The third-order valence-electron chi connectivity index (χ3n) is 4.10. The zero-order valence-electron chi connectivity index (χ0n) is 12.0. The molecule has 1 aliphatic rings. The predicted octanol–water partition coefficient (Wildman–Crippen LogP) is 2.51. The number of aliphatic hydroxyl groups excluding tert-OH is 1. The minimum Gasteiger partial charge on any atom is -0.494 e. The van der Waals surface area contributed by atoms with Gasteiger partial charge in [-0.3, -0.25) is 0 Å². The molecule has 4 heteroatoms. The fourth-order valence-electron chi connectivity index (χ4n) is 3.01. The summed E-state index contributed by atoms with van der Waals surface area (Å²) in [6.07, 6.45) is 2.14. The number of aromatic nitrogens is 1. The van der Waals surface area contributed by atoms with Gasteiger partial charge in [0.1, 0.15) is 17.1 Å². The molecule has 2 aromatic rings. The Hall–Kier alpha value is -1.81. The van der Waals surface area contributed by atoms with Crippen molar-refractivity contribution in [1.29, 1.82) is 0 Å². The molecule has 0 amide bonds. The van der Waals surface area contributed by atoms with Gasteiger partial charge in [0.25, 0.3) is 0 Å². The third kappa shape index (κ3) is 2.10. The van der Waals surface area contributed by atoms with Crippen LogP contribution in [0.1, 0.15) is 18.4 Å². The molecule has 1 N–H and O–H groups in total. The number of aliphatic hydroxyl groups is 1. The molecule has 1 aromatic carbocycles. The van der Waals surface area contributed by atoms with Crippen LogP contribution in [-0.2, 0) is 0 Å². The molecule has 0 radical (unpaired) electrons. The second-order valence-corrected chi connectivity index (χ2v) is 5.33. The predicted molar refractivity (Wildman–Crippen MR) is 80.5 cm³/mol. The molecule has 1 aliphatic heterocycles. The van der Waals surface area contributed by atoms with Crippen LogP contribution in [0.25, 0.3) is 10.9 Å². The second-order valence-electron chi connectivity index (χ2n) is 5.33. The van der Waals surface area contributed by atoms with Crippen molar-refractivity contribution in [3.63, 3.8) is 0 Å². The van der Waals surface area contributed by atoms with E-state index in [1.54, 1.807) is 7.11 Å². The molecule has 0 bridgehead atoms. The number of fused-ring (bicyclic) bond motifs is 1. The van der Waals surface area contributed by atoms with Gasteiger partial charge in [0.05, 0.1) is 19.8 Å². The molecule has 0 spiro atoms. The van der Waals surface area contributed by atoms with E-state index in [1.165, 1.54) is 5.56 Å². The van der Waals surface area contributed by atoms with E-state index in [2.05, 4.69) is 24.0 Å². The third-order valence-corrected chi connectivity index (χ3v) is 4.10. The molecule has 1 atom stereocenters. The zero-order chi connectivity index (χ0) is 14.1. The van der Waals surface area contributed by atoms with Gasteiger partial charge in [0.2, 0.25) is 0 Å². The SMILES string of the molecule is COc1cccc2c(C)cc(N3CCC[C@H]3CO)nc12. The number of rotatable bonds is 3. The largest absolute Gasteiger partial charge is 0.494 e. The number of methoxy groups -OCH3 is 1. The van der Waals surface area contributed by atoms with Crippen LogP contribution in [0.15, 0.2) is 24.3 Å². The van der Waals surface area contributed by atoms with Crippen LogP contribution >= 0.6 is 0 Å². The number of nitrogens with zero attached hydrogens (tertiary/aromatic N) is 2. The first-order valence-corrected chi connectivity index (χ1v) is 7.06. The maximum atomic E-state index is 9.49. The standard InChI is InChI=1S/C16H20N2O2/c1-11-9-15(18-8-4-5-12(18)10-19)17-16-13(11)6-3-7-14(16)20-2/h3,6-7,9,12,19H,4-5,8,10H2,1-2H3/t12-/m0/s1. The van der Waals surface area contributed by atoms with E-state index >= 15 is 0 Å². The maximum absolute atomic E-state index is 9.49. The number of benzene rings is 1. The molecule has 1 fully saturated rings. The first kappa shape index (κ1) is 13.2. The fourth-order valence-corrected chi connectivity index (χ4v) is 3.01.